The fourth-order valence-electron chi connectivity index (χ4n) is 4.19. The molecule has 1 aliphatic heterocycles. The summed E-state index contributed by atoms with van der Waals surface area (Å²) in [5, 5.41) is 2.70. The molecule has 0 aromatic rings. The molecule has 1 heterocycles. The number of amides is 2. The number of carbonyl (C=O) groups excluding carboxylic acids is 3. The summed E-state index contributed by atoms with van der Waals surface area (Å²) in [6, 6.07) is -1.29. The summed E-state index contributed by atoms with van der Waals surface area (Å²) in [5.74, 6) is -0.211. The van der Waals surface area contributed by atoms with Crippen LogP contribution >= 0.6 is 0 Å². The Hall–Kier alpha value is -1.79. The van der Waals surface area contributed by atoms with Gasteiger partial charge in [0, 0.05) is 6.54 Å². The van der Waals surface area contributed by atoms with E-state index in [4.69, 9.17) is 9.47 Å². The van der Waals surface area contributed by atoms with E-state index in [1.165, 1.54) is 0 Å². The zero-order valence-electron chi connectivity index (χ0n) is 17.4. The number of nitrogens with one attached hydrogen (secondary N) is 1. The van der Waals surface area contributed by atoms with E-state index in [1.54, 1.807) is 32.6 Å². The lowest BCUT2D eigenvalue weighted by Crippen LogP contribution is -2.55. The predicted molar refractivity (Wildman–Crippen MR) is 101 cm³/mol. The lowest BCUT2D eigenvalue weighted by molar-refractivity contribution is -0.155. The number of rotatable bonds is 5. The molecule has 0 spiro atoms. The summed E-state index contributed by atoms with van der Waals surface area (Å²) >= 11 is 0. The summed E-state index contributed by atoms with van der Waals surface area (Å²) in [5.41, 5.74) is -0.646. The molecule has 0 aromatic heterocycles. The van der Waals surface area contributed by atoms with Crippen molar-refractivity contribution in [3.8, 4) is 0 Å². The molecule has 0 bridgehead atoms. The summed E-state index contributed by atoms with van der Waals surface area (Å²) in [6.45, 7) is 11.7. The van der Waals surface area contributed by atoms with Gasteiger partial charge in [-0.2, -0.15) is 0 Å². The standard InChI is InChI=1S/C20H34N2O5/c1-7-26-18(24)16-14-10-8-9-13(14)11-22(16)17(23)15(12(2)3)21-19(25)27-20(4,5)6/h12-16H,7-11H2,1-6H3,(H,21,25)/t13-,14-,15-,16-/m0/s1. The summed E-state index contributed by atoms with van der Waals surface area (Å²) in [7, 11) is 0. The number of ether oxygens (including phenoxy) is 2. The van der Waals surface area contributed by atoms with Crippen LogP contribution in [0.4, 0.5) is 4.79 Å². The van der Waals surface area contributed by atoms with Crippen LogP contribution in [0.2, 0.25) is 0 Å². The van der Waals surface area contributed by atoms with Crippen molar-refractivity contribution < 1.29 is 23.9 Å². The fourth-order valence-corrected chi connectivity index (χ4v) is 4.19. The zero-order valence-corrected chi connectivity index (χ0v) is 17.4. The van der Waals surface area contributed by atoms with Gasteiger partial charge in [0.25, 0.3) is 0 Å². The van der Waals surface area contributed by atoms with Crippen LogP contribution in [0, 0.1) is 17.8 Å². The Kier molecular flexibility index (Phi) is 6.76. The second kappa shape index (κ2) is 8.48. The maximum Gasteiger partial charge on any atom is 0.408 e. The first kappa shape index (κ1) is 21.5. The molecule has 1 N–H and O–H groups in total. The zero-order chi connectivity index (χ0) is 20.4. The number of hydrogen-bond donors (Lipinski definition) is 1. The molecule has 2 amide bonds. The van der Waals surface area contributed by atoms with Crippen molar-refractivity contribution in [2.45, 2.75) is 78.5 Å². The van der Waals surface area contributed by atoms with Gasteiger partial charge in [0.05, 0.1) is 6.61 Å². The lowest BCUT2D eigenvalue weighted by atomic mass is 9.94. The Labute approximate surface area is 162 Å². The molecule has 7 nitrogen and oxygen atoms in total. The minimum absolute atomic E-state index is 0.131. The molecule has 2 rings (SSSR count). The van der Waals surface area contributed by atoms with Crippen molar-refractivity contribution >= 4 is 18.0 Å². The SMILES string of the molecule is CCOC(=O)[C@@H]1[C@H]2CCC[C@H]2CN1C(=O)[C@@H](NC(=O)OC(C)(C)C)C(C)C. The van der Waals surface area contributed by atoms with Crippen LogP contribution in [0.15, 0.2) is 0 Å². The third kappa shape index (κ3) is 5.14. The van der Waals surface area contributed by atoms with Crippen molar-refractivity contribution in [3.05, 3.63) is 0 Å². The minimum Gasteiger partial charge on any atom is -0.464 e. The first-order chi connectivity index (χ1) is 12.5. The molecule has 7 heteroatoms. The second-order valence-corrected chi connectivity index (χ2v) is 8.91. The average Bonchev–Trinajstić information content (AvgIpc) is 3.10. The van der Waals surface area contributed by atoms with Crippen LogP contribution in [0.1, 0.15) is 60.8 Å². The van der Waals surface area contributed by atoms with Gasteiger partial charge in [-0.05, 0) is 58.3 Å². The fraction of sp³-hybridized carbons (Fsp3) is 0.850. The van der Waals surface area contributed by atoms with E-state index >= 15 is 0 Å². The molecule has 1 saturated carbocycles. The highest BCUT2D eigenvalue weighted by atomic mass is 16.6. The van der Waals surface area contributed by atoms with Gasteiger partial charge in [0.15, 0.2) is 0 Å². The van der Waals surface area contributed by atoms with E-state index in [9.17, 15) is 14.4 Å². The van der Waals surface area contributed by atoms with Gasteiger partial charge in [-0.3, -0.25) is 4.79 Å². The van der Waals surface area contributed by atoms with Crippen LogP contribution in [0.3, 0.4) is 0 Å². The van der Waals surface area contributed by atoms with E-state index in [0.717, 1.165) is 19.3 Å². The Bertz CT molecular complexity index is 569. The van der Waals surface area contributed by atoms with E-state index in [0.29, 0.717) is 19.1 Å². The van der Waals surface area contributed by atoms with Crippen molar-refractivity contribution in [3.63, 3.8) is 0 Å². The average molecular weight is 383 g/mol. The lowest BCUT2D eigenvalue weighted by Gasteiger charge is -2.32. The number of carbonyl (C=O) groups is 3. The largest absolute Gasteiger partial charge is 0.464 e. The number of esters is 1. The Balaban J connectivity index is 2.17. The van der Waals surface area contributed by atoms with Crippen molar-refractivity contribution in [1.29, 1.82) is 0 Å². The van der Waals surface area contributed by atoms with Crippen LogP contribution in [-0.4, -0.2) is 53.7 Å². The number of fused-ring (bicyclic) bond motifs is 1. The van der Waals surface area contributed by atoms with Crippen molar-refractivity contribution in [2.24, 2.45) is 17.8 Å². The van der Waals surface area contributed by atoms with Crippen LogP contribution in [0.25, 0.3) is 0 Å². The van der Waals surface area contributed by atoms with Gasteiger partial charge in [0.1, 0.15) is 17.7 Å². The highest BCUT2D eigenvalue weighted by molar-refractivity contribution is 5.90. The smallest absolute Gasteiger partial charge is 0.408 e. The predicted octanol–water partition coefficient (Wildman–Crippen LogP) is 2.73. The summed E-state index contributed by atoms with van der Waals surface area (Å²) < 4.78 is 10.6. The monoisotopic (exact) mass is 382 g/mol. The molecular formula is C20H34N2O5. The van der Waals surface area contributed by atoms with E-state index in [-0.39, 0.29) is 23.7 Å². The highest BCUT2D eigenvalue weighted by Crippen LogP contribution is 2.43. The maximum atomic E-state index is 13.3. The Morgan fingerprint density at radius 1 is 1.19 bits per heavy atom. The molecule has 154 valence electrons. The molecule has 0 radical (unpaired) electrons. The van der Waals surface area contributed by atoms with Gasteiger partial charge in [-0.1, -0.05) is 20.3 Å². The quantitative estimate of drug-likeness (QED) is 0.739. The molecule has 1 saturated heterocycles. The van der Waals surface area contributed by atoms with E-state index < -0.39 is 23.8 Å². The molecule has 4 atom stereocenters. The molecule has 2 fully saturated rings. The highest BCUT2D eigenvalue weighted by Gasteiger charge is 2.51. The molecular weight excluding hydrogens is 348 g/mol. The first-order valence-electron chi connectivity index (χ1n) is 10.0. The van der Waals surface area contributed by atoms with Gasteiger partial charge >= 0.3 is 12.1 Å². The second-order valence-electron chi connectivity index (χ2n) is 8.91. The maximum absolute atomic E-state index is 13.3. The number of hydrogen-bond acceptors (Lipinski definition) is 5. The molecule has 0 aromatic carbocycles. The third-order valence-electron chi connectivity index (χ3n) is 5.31. The number of alkyl carbamates (subject to hydrolysis) is 1. The van der Waals surface area contributed by atoms with Crippen LogP contribution in [-0.2, 0) is 19.1 Å². The minimum atomic E-state index is -0.740. The normalized spacial score (nSPS) is 25.9. The van der Waals surface area contributed by atoms with E-state index in [1.807, 2.05) is 13.8 Å². The van der Waals surface area contributed by atoms with Gasteiger partial charge in [-0.15, -0.1) is 0 Å². The van der Waals surface area contributed by atoms with Gasteiger partial charge in [-0.25, -0.2) is 9.59 Å². The number of likely N-dealkylation sites (tertiary alicyclic amines) is 1. The van der Waals surface area contributed by atoms with Crippen molar-refractivity contribution in [2.75, 3.05) is 13.2 Å². The molecule has 2 aliphatic rings. The topological polar surface area (TPSA) is 84.9 Å². The van der Waals surface area contributed by atoms with Crippen LogP contribution < -0.4 is 5.32 Å². The Morgan fingerprint density at radius 2 is 1.85 bits per heavy atom. The van der Waals surface area contributed by atoms with Crippen LogP contribution in [0.5, 0.6) is 0 Å². The van der Waals surface area contributed by atoms with Gasteiger partial charge < -0.3 is 19.7 Å². The number of nitrogens with zero attached hydrogens (tertiary/aromatic N) is 1. The van der Waals surface area contributed by atoms with Crippen molar-refractivity contribution in [1.82, 2.24) is 10.2 Å². The van der Waals surface area contributed by atoms with Gasteiger partial charge in [0.2, 0.25) is 5.91 Å². The Morgan fingerprint density at radius 3 is 2.41 bits per heavy atom. The molecule has 0 unspecified atom stereocenters. The summed E-state index contributed by atoms with van der Waals surface area (Å²) in [6.07, 6.45) is 2.42. The third-order valence-corrected chi connectivity index (χ3v) is 5.31. The molecule has 27 heavy (non-hydrogen) atoms. The first-order valence-corrected chi connectivity index (χ1v) is 10.0. The van der Waals surface area contributed by atoms with E-state index in [2.05, 4.69) is 5.32 Å². The molecule has 1 aliphatic carbocycles. The summed E-state index contributed by atoms with van der Waals surface area (Å²) in [4.78, 5) is 39.7.